The summed E-state index contributed by atoms with van der Waals surface area (Å²) in [5.74, 6) is -0.573. The van der Waals surface area contributed by atoms with Crippen molar-refractivity contribution >= 4 is 20.8 Å². The fraction of sp³-hybridized carbons (Fsp3) is 0.250. The summed E-state index contributed by atoms with van der Waals surface area (Å²) in [6, 6.07) is 10.3. The number of fused-ring (bicyclic) bond motifs is 1. The molecule has 2 aromatic carbocycles. The number of hydrogen-bond acceptors (Lipinski definition) is 7. The van der Waals surface area contributed by atoms with Crippen LogP contribution in [0.1, 0.15) is 18.6 Å². The molecule has 0 aliphatic rings. The number of rotatable bonds is 8. The topological polar surface area (TPSA) is 132 Å². The van der Waals surface area contributed by atoms with Crippen molar-refractivity contribution in [1.82, 2.24) is 15.0 Å². The Morgan fingerprint density at radius 1 is 1.00 bits per heavy atom. The molecular formula is C20H23N3O5S. The van der Waals surface area contributed by atoms with Gasteiger partial charge in [-0.25, -0.2) is 13.1 Å². The third kappa shape index (κ3) is 5.21. The highest BCUT2D eigenvalue weighted by Crippen LogP contribution is 2.27. The monoisotopic (exact) mass is 417 g/mol. The Bertz CT molecular complexity index is 1100. The van der Waals surface area contributed by atoms with E-state index in [1.54, 1.807) is 37.5 Å². The maximum Gasteiger partial charge on any atom is 0.240 e. The Balaban J connectivity index is 1.56. The van der Waals surface area contributed by atoms with Crippen LogP contribution in [0.3, 0.4) is 0 Å². The molecule has 0 saturated carbocycles. The molecule has 8 nitrogen and oxygen atoms in total. The molecule has 9 heteroatoms. The quantitative estimate of drug-likeness (QED) is 0.352. The summed E-state index contributed by atoms with van der Waals surface area (Å²) in [4.78, 5) is 4.18. The van der Waals surface area contributed by atoms with Gasteiger partial charge in [0.05, 0.1) is 11.0 Å². The van der Waals surface area contributed by atoms with Gasteiger partial charge in [0, 0.05) is 36.9 Å². The molecule has 0 spiro atoms. The highest BCUT2D eigenvalue weighted by atomic mass is 32.2. The van der Waals surface area contributed by atoms with E-state index < -0.39 is 22.2 Å². The maximum atomic E-state index is 12.6. The Morgan fingerprint density at radius 2 is 1.79 bits per heavy atom. The summed E-state index contributed by atoms with van der Waals surface area (Å²) in [5.41, 5.74) is 0.437. The van der Waals surface area contributed by atoms with Crippen molar-refractivity contribution in [3.8, 4) is 11.5 Å². The van der Waals surface area contributed by atoms with E-state index in [0.717, 1.165) is 10.8 Å². The molecule has 5 N–H and O–H groups in total. The van der Waals surface area contributed by atoms with E-state index in [1.807, 2.05) is 0 Å². The van der Waals surface area contributed by atoms with Gasteiger partial charge >= 0.3 is 0 Å². The lowest BCUT2D eigenvalue weighted by Gasteiger charge is -2.17. The first kappa shape index (κ1) is 21.0. The van der Waals surface area contributed by atoms with Crippen molar-refractivity contribution in [2.24, 2.45) is 0 Å². The fourth-order valence-electron chi connectivity index (χ4n) is 2.91. The van der Waals surface area contributed by atoms with Crippen LogP contribution >= 0.6 is 0 Å². The number of phenols is 2. The van der Waals surface area contributed by atoms with Gasteiger partial charge in [0.2, 0.25) is 10.0 Å². The Hall–Kier alpha value is -2.72. The number of aliphatic hydroxyl groups is 1. The SMILES string of the molecule is C[C@H](CNCC(O)c1ccc(O)c(O)c1)NS(=O)(=O)c1ccc2cnccc2c1. The number of sulfonamides is 1. The van der Waals surface area contributed by atoms with Gasteiger partial charge in [0.15, 0.2) is 11.5 Å². The van der Waals surface area contributed by atoms with Gasteiger partial charge in [0.1, 0.15) is 0 Å². The van der Waals surface area contributed by atoms with Crippen molar-refractivity contribution in [2.45, 2.75) is 24.0 Å². The number of phenolic OH excluding ortho intramolecular Hbond substituents is 2. The Labute approximate surface area is 168 Å². The molecule has 29 heavy (non-hydrogen) atoms. The minimum absolute atomic E-state index is 0.152. The Morgan fingerprint density at radius 3 is 2.55 bits per heavy atom. The summed E-state index contributed by atoms with van der Waals surface area (Å²) >= 11 is 0. The summed E-state index contributed by atoms with van der Waals surface area (Å²) in [6.07, 6.45) is 2.36. The number of nitrogens with one attached hydrogen (secondary N) is 2. The Kier molecular flexibility index (Phi) is 6.33. The second kappa shape index (κ2) is 8.75. The maximum absolute atomic E-state index is 12.6. The van der Waals surface area contributed by atoms with Crippen molar-refractivity contribution in [3.05, 3.63) is 60.4 Å². The minimum atomic E-state index is -3.70. The van der Waals surface area contributed by atoms with Crippen LogP contribution < -0.4 is 10.0 Å². The van der Waals surface area contributed by atoms with Gasteiger partial charge < -0.3 is 20.6 Å². The predicted molar refractivity (Wildman–Crippen MR) is 109 cm³/mol. The van der Waals surface area contributed by atoms with Gasteiger partial charge in [-0.1, -0.05) is 12.1 Å². The van der Waals surface area contributed by atoms with Crippen LogP contribution in [0.4, 0.5) is 0 Å². The van der Waals surface area contributed by atoms with E-state index in [9.17, 15) is 23.7 Å². The number of benzene rings is 2. The van der Waals surface area contributed by atoms with Crippen molar-refractivity contribution in [1.29, 1.82) is 0 Å². The number of aromatic nitrogens is 1. The van der Waals surface area contributed by atoms with Gasteiger partial charge in [-0.3, -0.25) is 4.98 Å². The third-order valence-corrected chi connectivity index (χ3v) is 6.04. The highest BCUT2D eigenvalue weighted by Gasteiger charge is 2.18. The molecular weight excluding hydrogens is 394 g/mol. The zero-order chi connectivity index (χ0) is 21.0. The van der Waals surface area contributed by atoms with E-state index in [2.05, 4.69) is 15.0 Å². The van der Waals surface area contributed by atoms with Crippen LogP contribution in [0.2, 0.25) is 0 Å². The molecule has 0 fully saturated rings. The van der Waals surface area contributed by atoms with Crippen LogP contribution in [0, 0.1) is 0 Å². The molecule has 1 heterocycles. The molecule has 154 valence electrons. The van der Waals surface area contributed by atoms with Crippen LogP contribution in [-0.2, 0) is 10.0 Å². The first-order valence-electron chi connectivity index (χ1n) is 9.03. The minimum Gasteiger partial charge on any atom is -0.504 e. The zero-order valence-corrected chi connectivity index (χ0v) is 16.6. The summed E-state index contributed by atoms with van der Waals surface area (Å²) in [6.45, 7) is 2.16. The van der Waals surface area contributed by atoms with Crippen LogP contribution in [-0.4, -0.2) is 47.9 Å². The van der Waals surface area contributed by atoms with E-state index in [4.69, 9.17) is 0 Å². The van der Waals surface area contributed by atoms with Crippen molar-refractivity contribution < 1.29 is 23.7 Å². The number of aliphatic hydroxyl groups excluding tert-OH is 1. The number of aromatic hydroxyl groups is 2. The summed E-state index contributed by atoms with van der Waals surface area (Å²) in [5, 5.41) is 33.6. The number of pyridine rings is 1. The van der Waals surface area contributed by atoms with E-state index >= 15 is 0 Å². The average molecular weight is 417 g/mol. The zero-order valence-electron chi connectivity index (χ0n) is 15.8. The molecule has 3 rings (SSSR count). The lowest BCUT2D eigenvalue weighted by molar-refractivity contribution is 0.173. The largest absolute Gasteiger partial charge is 0.504 e. The summed E-state index contributed by atoms with van der Waals surface area (Å²) in [7, 11) is -3.70. The van der Waals surface area contributed by atoms with Gasteiger partial charge in [0.25, 0.3) is 0 Å². The lowest BCUT2D eigenvalue weighted by atomic mass is 10.1. The van der Waals surface area contributed by atoms with Gasteiger partial charge in [-0.2, -0.15) is 0 Å². The number of nitrogens with zero attached hydrogens (tertiary/aromatic N) is 1. The van der Waals surface area contributed by atoms with Crippen LogP contribution in [0.15, 0.2) is 59.8 Å². The lowest BCUT2D eigenvalue weighted by Crippen LogP contribution is -2.40. The molecule has 0 aliphatic carbocycles. The molecule has 0 amide bonds. The van der Waals surface area contributed by atoms with E-state index in [1.165, 1.54) is 24.3 Å². The van der Waals surface area contributed by atoms with Crippen LogP contribution in [0.25, 0.3) is 10.8 Å². The molecule has 0 radical (unpaired) electrons. The molecule has 2 atom stereocenters. The third-order valence-electron chi connectivity index (χ3n) is 4.45. The second-order valence-electron chi connectivity index (χ2n) is 6.83. The second-order valence-corrected chi connectivity index (χ2v) is 8.54. The predicted octanol–water partition coefficient (Wildman–Crippen LogP) is 1.64. The van der Waals surface area contributed by atoms with E-state index in [-0.39, 0.29) is 29.5 Å². The average Bonchev–Trinajstić information content (AvgIpc) is 2.69. The first-order chi connectivity index (χ1) is 13.8. The van der Waals surface area contributed by atoms with Crippen molar-refractivity contribution in [3.63, 3.8) is 0 Å². The highest BCUT2D eigenvalue weighted by molar-refractivity contribution is 7.89. The van der Waals surface area contributed by atoms with Crippen LogP contribution in [0.5, 0.6) is 11.5 Å². The molecule has 3 aromatic rings. The smallest absolute Gasteiger partial charge is 0.240 e. The molecule has 0 aliphatic heterocycles. The molecule has 1 aromatic heterocycles. The summed E-state index contributed by atoms with van der Waals surface area (Å²) < 4.78 is 27.8. The fourth-order valence-corrected chi connectivity index (χ4v) is 4.18. The van der Waals surface area contributed by atoms with Crippen molar-refractivity contribution in [2.75, 3.05) is 13.1 Å². The normalized spacial score (nSPS) is 14.0. The van der Waals surface area contributed by atoms with Gasteiger partial charge in [-0.15, -0.1) is 0 Å². The molecule has 1 unspecified atom stereocenters. The molecule has 0 saturated heterocycles. The number of hydrogen-bond donors (Lipinski definition) is 5. The first-order valence-corrected chi connectivity index (χ1v) is 10.5. The molecule has 0 bridgehead atoms. The standard InChI is InChI=1S/C20H23N3O5S/c1-13(10-22-12-20(26)15-3-5-18(24)19(25)9-15)23-29(27,28)17-4-2-16-11-21-7-6-14(16)8-17/h2-9,11,13,20,22-26H,10,12H2,1H3/t13-,20?/m1/s1. The van der Waals surface area contributed by atoms with E-state index in [0.29, 0.717) is 5.56 Å². The van der Waals surface area contributed by atoms with Gasteiger partial charge in [-0.05, 0) is 48.2 Å².